The lowest BCUT2D eigenvalue weighted by molar-refractivity contribution is 0.0936. The van der Waals surface area contributed by atoms with Crippen molar-refractivity contribution in [1.82, 2.24) is 14.9 Å². The van der Waals surface area contributed by atoms with E-state index in [1.54, 1.807) is 30.7 Å². The minimum atomic E-state index is -0.122. The molecule has 6 nitrogen and oxygen atoms in total. The van der Waals surface area contributed by atoms with Crippen LogP contribution in [0.1, 0.15) is 23.7 Å². The number of nitrogens with one attached hydrogen (secondary N) is 1. The van der Waals surface area contributed by atoms with Crippen LogP contribution in [0.2, 0.25) is 0 Å². The average molecular weight is 301 g/mol. The molecule has 1 aromatic carbocycles. The first kappa shape index (κ1) is 14.4. The van der Waals surface area contributed by atoms with Gasteiger partial charge in [-0.15, -0.1) is 0 Å². The molecule has 0 spiro atoms. The van der Waals surface area contributed by atoms with Crippen LogP contribution in [-0.2, 0) is 6.54 Å². The number of carbonyl (C=O) groups excluding carboxylic acids is 1. The number of imidazole rings is 1. The Kier molecular flexibility index (Phi) is 4.27. The van der Waals surface area contributed by atoms with Gasteiger partial charge in [0, 0.05) is 37.0 Å². The highest BCUT2D eigenvalue weighted by atomic mass is 16.5. The van der Waals surface area contributed by atoms with E-state index < -0.39 is 0 Å². The first-order valence-electron chi connectivity index (χ1n) is 7.38. The van der Waals surface area contributed by atoms with Crippen LogP contribution in [-0.4, -0.2) is 34.7 Å². The molecule has 6 heteroatoms. The molecule has 1 N–H and O–H groups in total. The maximum atomic E-state index is 12.3. The summed E-state index contributed by atoms with van der Waals surface area (Å²) in [6.07, 6.45) is 6.17. The molecule has 0 saturated carbocycles. The number of amides is 1. The van der Waals surface area contributed by atoms with Crippen molar-refractivity contribution in [2.75, 3.05) is 13.2 Å². The summed E-state index contributed by atoms with van der Waals surface area (Å²) in [4.78, 5) is 16.3. The van der Waals surface area contributed by atoms with E-state index in [1.165, 1.54) is 0 Å². The summed E-state index contributed by atoms with van der Waals surface area (Å²) in [6, 6.07) is 5.28. The molecule has 1 aromatic heterocycles. The normalized spacial score (nSPS) is 15.0. The number of hydrogen-bond acceptors (Lipinski definition) is 4. The van der Waals surface area contributed by atoms with E-state index in [-0.39, 0.29) is 11.9 Å². The van der Waals surface area contributed by atoms with Crippen molar-refractivity contribution >= 4 is 5.91 Å². The third kappa shape index (κ3) is 3.39. The van der Waals surface area contributed by atoms with Crippen LogP contribution < -0.4 is 14.8 Å². The lowest BCUT2D eigenvalue weighted by Crippen LogP contribution is -2.35. The smallest absolute Gasteiger partial charge is 0.251 e. The summed E-state index contributed by atoms with van der Waals surface area (Å²) in [5.41, 5.74) is 0.571. The van der Waals surface area contributed by atoms with Crippen molar-refractivity contribution in [3.05, 3.63) is 42.5 Å². The number of aromatic nitrogens is 2. The van der Waals surface area contributed by atoms with E-state index in [2.05, 4.69) is 10.3 Å². The first-order valence-corrected chi connectivity index (χ1v) is 7.38. The second-order valence-electron chi connectivity index (χ2n) is 5.35. The summed E-state index contributed by atoms with van der Waals surface area (Å²) in [7, 11) is 0. The van der Waals surface area contributed by atoms with Crippen molar-refractivity contribution < 1.29 is 14.3 Å². The van der Waals surface area contributed by atoms with Crippen LogP contribution >= 0.6 is 0 Å². The lowest BCUT2D eigenvalue weighted by Gasteiger charge is -2.15. The molecule has 0 unspecified atom stereocenters. The van der Waals surface area contributed by atoms with Gasteiger partial charge in [0.05, 0.1) is 19.5 Å². The zero-order valence-electron chi connectivity index (χ0n) is 12.5. The van der Waals surface area contributed by atoms with Gasteiger partial charge in [0.15, 0.2) is 11.5 Å². The number of ether oxygens (including phenoxy) is 2. The highest BCUT2D eigenvalue weighted by Crippen LogP contribution is 2.30. The van der Waals surface area contributed by atoms with Gasteiger partial charge < -0.3 is 19.4 Å². The quantitative estimate of drug-likeness (QED) is 0.936. The molecule has 1 aliphatic heterocycles. The molecule has 1 aliphatic rings. The lowest BCUT2D eigenvalue weighted by atomic mass is 10.1. The fourth-order valence-electron chi connectivity index (χ4n) is 2.37. The number of benzene rings is 1. The zero-order chi connectivity index (χ0) is 15.4. The Bertz CT molecular complexity index is 640. The van der Waals surface area contributed by atoms with Crippen LogP contribution in [0.25, 0.3) is 0 Å². The van der Waals surface area contributed by atoms with E-state index in [4.69, 9.17) is 9.47 Å². The van der Waals surface area contributed by atoms with E-state index in [0.29, 0.717) is 36.8 Å². The van der Waals surface area contributed by atoms with Gasteiger partial charge in [-0.3, -0.25) is 4.79 Å². The van der Waals surface area contributed by atoms with Gasteiger partial charge in [-0.2, -0.15) is 0 Å². The zero-order valence-corrected chi connectivity index (χ0v) is 12.5. The van der Waals surface area contributed by atoms with E-state index in [0.717, 1.165) is 6.42 Å². The van der Waals surface area contributed by atoms with Gasteiger partial charge >= 0.3 is 0 Å². The van der Waals surface area contributed by atoms with Crippen LogP contribution in [0, 0.1) is 0 Å². The summed E-state index contributed by atoms with van der Waals surface area (Å²) >= 11 is 0. The highest BCUT2D eigenvalue weighted by molar-refractivity contribution is 5.95. The third-order valence-corrected chi connectivity index (χ3v) is 3.43. The van der Waals surface area contributed by atoms with Crippen LogP contribution in [0.3, 0.4) is 0 Å². The largest absolute Gasteiger partial charge is 0.490 e. The molecular weight excluding hydrogens is 282 g/mol. The topological polar surface area (TPSA) is 65.4 Å². The van der Waals surface area contributed by atoms with E-state index in [9.17, 15) is 4.79 Å². The Morgan fingerprint density at radius 1 is 1.36 bits per heavy atom. The Morgan fingerprint density at radius 2 is 2.18 bits per heavy atom. The Morgan fingerprint density at radius 3 is 2.95 bits per heavy atom. The number of fused-ring (bicyclic) bond motifs is 1. The Labute approximate surface area is 129 Å². The molecule has 0 fully saturated rings. The second-order valence-corrected chi connectivity index (χ2v) is 5.35. The predicted molar refractivity (Wildman–Crippen MR) is 81.2 cm³/mol. The molecule has 1 atom stereocenters. The third-order valence-electron chi connectivity index (χ3n) is 3.43. The summed E-state index contributed by atoms with van der Waals surface area (Å²) in [5, 5.41) is 2.97. The number of nitrogens with zero attached hydrogens (tertiary/aromatic N) is 2. The van der Waals surface area contributed by atoms with Crippen molar-refractivity contribution in [2.24, 2.45) is 0 Å². The molecule has 3 rings (SSSR count). The first-order chi connectivity index (χ1) is 10.7. The van der Waals surface area contributed by atoms with Gasteiger partial charge in [0.2, 0.25) is 0 Å². The Hall–Kier alpha value is -2.50. The molecule has 0 saturated heterocycles. The summed E-state index contributed by atoms with van der Waals surface area (Å²) in [5.74, 6) is 1.20. The van der Waals surface area contributed by atoms with Gasteiger partial charge in [-0.1, -0.05) is 0 Å². The minimum absolute atomic E-state index is 0.00215. The molecule has 2 aromatic rings. The van der Waals surface area contributed by atoms with Gasteiger partial charge in [-0.05, 0) is 25.1 Å². The van der Waals surface area contributed by atoms with Gasteiger partial charge in [0.1, 0.15) is 0 Å². The van der Waals surface area contributed by atoms with E-state index >= 15 is 0 Å². The fraction of sp³-hybridized carbons (Fsp3) is 0.375. The molecule has 2 heterocycles. The average Bonchev–Trinajstić information content (AvgIpc) is 2.89. The van der Waals surface area contributed by atoms with Crippen molar-refractivity contribution in [3.8, 4) is 11.5 Å². The van der Waals surface area contributed by atoms with Crippen molar-refractivity contribution in [1.29, 1.82) is 0 Å². The maximum Gasteiger partial charge on any atom is 0.251 e. The minimum Gasteiger partial charge on any atom is -0.490 e. The number of rotatable bonds is 4. The SMILES string of the molecule is C[C@@H](Cn1ccnc1)NC(=O)c1ccc2c(c1)OCCCO2. The molecule has 1 amide bonds. The van der Waals surface area contributed by atoms with Crippen molar-refractivity contribution in [2.45, 2.75) is 25.9 Å². The number of hydrogen-bond donors (Lipinski definition) is 1. The monoisotopic (exact) mass is 301 g/mol. The predicted octanol–water partition coefficient (Wildman–Crippen LogP) is 1.86. The highest BCUT2D eigenvalue weighted by Gasteiger charge is 2.15. The molecule has 0 aliphatic carbocycles. The molecule has 0 bridgehead atoms. The molecule has 116 valence electrons. The summed E-state index contributed by atoms with van der Waals surface area (Å²) < 4.78 is 13.1. The van der Waals surface area contributed by atoms with Crippen molar-refractivity contribution in [3.63, 3.8) is 0 Å². The summed E-state index contributed by atoms with van der Waals surface area (Å²) in [6.45, 7) is 3.88. The van der Waals surface area contributed by atoms with E-state index in [1.807, 2.05) is 17.7 Å². The fourth-order valence-corrected chi connectivity index (χ4v) is 2.37. The standard InChI is InChI=1S/C16H19N3O3/c1-12(10-19-6-5-17-11-19)18-16(20)13-3-4-14-15(9-13)22-8-2-7-21-14/h3-6,9,11-12H,2,7-8,10H2,1H3,(H,18,20)/t12-/m0/s1. The van der Waals surface area contributed by atoms with Crippen LogP contribution in [0.4, 0.5) is 0 Å². The van der Waals surface area contributed by atoms with Crippen LogP contribution in [0.15, 0.2) is 36.9 Å². The van der Waals surface area contributed by atoms with Crippen LogP contribution in [0.5, 0.6) is 11.5 Å². The number of carbonyl (C=O) groups is 1. The Balaban J connectivity index is 1.65. The van der Waals surface area contributed by atoms with Gasteiger partial charge in [0.25, 0.3) is 5.91 Å². The second kappa shape index (κ2) is 6.51. The maximum absolute atomic E-state index is 12.3. The molecule has 0 radical (unpaired) electrons. The molecule has 22 heavy (non-hydrogen) atoms. The van der Waals surface area contributed by atoms with Gasteiger partial charge in [-0.25, -0.2) is 4.98 Å². The molecular formula is C16H19N3O3.